The first kappa shape index (κ1) is 19.2. The number of piperazine rings is 1. The molecule has 148 valence electrons. The molecule has 2 aliphatic heterocycles. The second-order valence-electron chi connectivity index (χ2n) is 7.80. The summed E-state index contributed by atoms with van der Waals surface area (Å²) in [6, 6.07) is 2.47. The lowest BCUT2D eigenvalue weighted by Crippen LogP contribution is -2.50. The summed E-state index contributed by atoms with van der Waals surface area (Å²) in [4.78, 5) is 26.1. The lowest BCUT2D eigenvalue weighted by molar-refractivity contribution is -0.525. The molecule has 0 aromatic heterocycles. The zero-order valence-corrected chi connectivity index (χ0v) is 15.7. The summed E-state index contributed by atoms with van der Waals surface area (Å²) in [5, 5.41) is 10.9. The molecule has 0 spiro atoms. The van der Waals surface area contributed by atoms with Gasteiger partial charge in [0.2, 0.25) is 0 Å². The highest BCUT2D eigenvalue weighted by molar-refractivity contribution is 5.69. The van der Waals surface area contributed by atoms with Gasteiger partial charge in [-0.05, 0) is 26.8 Å². The molecule has 1 fully saturated rings. The van der Waals surface area contributed by atoms with Gasteiger partial charge in [0, 0.05) is 43.1 Å². The number of carbonyl (C=O) groups is 1. The third kappa shape index (κ3) is 4.23. The molecule has 0 aliphatic carbocycles. The second kappa shape index (κ2) is 7.21. The highest BCUT2D eigenvalue weighted by Crippen LogP contribution is 2.35. The SMILES string of the molecule is CC(C)(C)OC(=O)N1CCN(c2ccc3c(c2F)OCC([N+](=O)[O-])C3)CC1. The number of halogens is 1. The van der Waals surface area contributed by atoms with Gasteiger partial charge in [0.15, 0.2) is 18.2 Å². The van der Waals surface area contributed by atoms with E-state index in [0.717, 1.165) is 0 Å². The number of nitrogens with zero attached hydrogens (tertiary/aromatic N) is 3. The molecular weight excluding hydrogens is 357 g/mol. The highest BCUT2D eigenvalue weighted by Gasteiger charge is 2.33. The van der Waals surface area contributed by atoms with E-state index in [4.69, 9.17) is 9.47 Å². The lowest BCUT2D eigenvalue weighted by atomic mass is 10.0. The summed E-state index contributed by atoms with van der Waals surface area (Å²) in [5.41, 5.74) is 0.339. The average Bonchev–Trinajstić information content (AvgIpc) is 2.60. The topological polar surface area (TPSA) is 85.2 Å². The van der Waals surface area contributed by atoms with Gasteiger partial charge in [0.05, 0.1) is 5.69 Å². The van der Waals surface area contributed by atoms with Crippen LogP contribution in [0, 0.1) is 15.9 Å². The van der Waals surface area contributed by atoms with Gasteiger partial charge in [-0.3, -0.25) is 10.1 Å². The number of hydrogen-bond donors (Lipinski definition) is 0. The lowest BCUT2D eigenvalue weighted by Gasteiger charge is -2.37. The summed E-state index contributed by atoms with van der Waals surface area (Å²) < 4.78 is 25.6. The van der Waals surface area contributed by atoms with Crippen molar-refractivity contribution in [2.75, 3.05) is 37.7 Å². The first-order valence-corrected chi connectivity index (χ1v) is 8.96. The van der Waals surface area contributed by atoms with E-state index in [-0.39, 0.29) is 24.9 Å². The van der Waals surface area contributed by atoms with Crippen LogP contribution in [0.3, 0.4) is 0 Å². The molecule has 1 unspecified atom stereocenters. The smallest absolute Gasteiger partial charge is 0.410 e. The Bertz CT molecular complexity index is 741. The molecule has 1 aromatic rings. The fourth-order valence-electron chi connectivity index (χ4n) is 3.23. The molecular formula is C18H24FN3O5. The minimum Gasteiger partial charge on any atom is -0.483 e. The Morgan fingerprint density at radius 3 is 2.56 bits per heavy atom. The maximum atomic E-state index is 14.9. The third-order valence-corrected chi connectivity index (χ3v) is 4.60. The van der Waals surface area contributed by atoms with E-state index in [2.05, 4.69) is 0 Å². The minimum absolute atomic E-state index is 0.0974. The van der Waals surface area contributed by atoms with Crippen molar-refractivity contribution in [2.45, 2.75) is 38.8 Å². The molecule has 0 radical (unpaired) electrons. The first-order chi connectivity index (χ1) is 12.7. The monoisotopic (exact) mass is 381 g/mol. The number of benzene rings is 1. The number of nitro groups is 1. The predicted octanol–water partition coefficient (Wildman–Crippen LogP) is 2.46. The highest BCUT2D eigenvalue weighted by atomic mass is 19.1. The van der Waals surface area contributed by atoms with Crippen molar-refractivity contribution < 1.29 is 23.6 Å². The molecule has 2 aliphatic rings. The van der Waals surface area contributed by atoms with Crippen LogP contribution in [0.25, 0.3) is 0 Å². The van der Waals surface area contributed by atoms with Gasteiger partial charge in [-0.1, -0.05) is 6.07 Å². The van der Waals surface area contributed by atoms with Crippen LogP contribution >= 0.6 is 0 Å². The summed E-state index contributed by atoms with van der Waals surface area (Å²) in [6.45, 7) is 7.09. The Balaban J connectivity index is 1.67. The van der Waals surface area contributed by atoms with Crippen LogP contribution in [0.4, 0.5) is 14.9 Å². The van der Waals surface area contributed by atoms with Crippen LogP contribution in [0.1, 0.15) is 26.3 Å². The van der Waals surface area contributed by atoms with Gasteiger partial charge >= 0.3 is 6.09 Å². The minimum atomic E-state index is -0.847. The van der Waals surface area contributed by atoms with Crippen molar-refractivity contribution in [1.29, 1.82) is 0 Å². The summed E-state index contributed by atoms with van der Waals surface area (Å²) in [7, 11) is 0. The Hall–Kier alpha value is -2.58. The summed E-state index contributed by atoms with van der Waals surface area (Å²) >= 11 is 0. The Morgan fingerprint density at radius 2 is 1.96 bits per heavy atom. The Morgan fingerprint density at radius 1 is 1.30 bits per heavy atom. The largest absolute Gasteiger partial charge is 0.483 e. The van der Waals surface area contributed by atoms with Crippen molar-refractivity contribution in [3.8, 4) is 5.75 Å². The molecule has 1 amide bonds. The summed E-state index contributed by atoms with van der Waals surface area (Å²) in [5.74, 6) is -0.403. The summed E-state index contributed by atoms with van der Waals surface area (Å²) in [6.07, 6.45) is -0.214. The van der Waals surface area contributed by atoms with E-state index in [1.165, 1.54) is 0 Å². The van der Waals surface area contributed by atoms with E-state index >= 15 is 0 Å². The number of amides is 1. The number of rotatable bonds is 2. The molecule has 0 N–H and O–H groups in total. The molecule has 1 aromatic carbocycles. The van der Waals surface area contributed by atoms with E-state index in [1.807, 2.05) is 25.7 Å². The van der Waals surface area contributed by atoms with Gasteiger partial charge in [-0.15, -0.1) is 0 Å². The van der Waals surface area contributed by atoms with Crippen molar-refractivity contribution in [3.63, 3.8) is 0 Å². The van der Waals surface area contributed by atoms with Gasteiger partial charge in [0.25, 0.3) is 6.04 Å². The van der Waals surface area contributed by atoms with Crippen LogP contribution in [-0.2, 0) is 11.2 Å². The standard InChI is InChI=1S/C18H24FN3O5/c1-18(2,3)27-17(23)21-8-6-20(7-9-21)14-5-4-12-10-13(22(24)25)11-26-16(12)15(14)19/h4-5,13H,6-11H2,1-3H3. The number of hydrogen-bond acceptors (Lipinski definition) is 6. The normalized spacial score (nSPS) is 19.9. The average molecular weight is 381 g/mol. The van der Waals surface area contributed by atoms with Crippen LogP contribution in [0.2, 0.25) is 0 Å². The molecule has 1 atom stereocenters. The molecule has 3 rings (SSSR count). The van der Waals surface area contributed by atoms with E-state index in [9.17, 15) is 19.3 Å². The predicted molar refractivity (Wildman–Crippen MR) is 96.4 cm³/mol. The van der Waals surface area contributed by atoms with E-state index < -0.39 is 22.4 Å². The van der Waals surface area contributed by atoms with Crippen molar-refractivity contribution in [2.24, 2.45) is 0 Å². The van der Waals surface area contributed by atoms with Crippen LogP contribution in [0.5, 0.6) is 5.75 Å². The number of carbonyl (C=O) groups excluding carboxylic acids is 1. The molecule has 27 heavy (non-hydrogen) atoms. The zero-order chi connectivity index (χ0) is 19.8. The molecule has 0 saturated carbocycles. The zero-order valence-electron chi connectivity index (χ0n) is 15.7. The maximum absolute atomic E-state index is 14.9. The number of ether oxygens (including phenoxy) is 2. The molecule has 2 heterocycles. The Kier molecular flexibility index (Phi) is 5.12. The molecule has 9 heteroatoms. The first-order valence-electron chi connectivity index (χ1n) is 8.96. The van der Waals surface area contributed by atoms with Crippen LogP contribution in [-0.4, -0.2) is 60.3 Å². The second-order valence-corrected chi connectivity index (χ2v) is 7.80. The van der Waals surface area contributed by atoms with E-state index in [0.29, 0.717) is 37.4 Å². The van der Waals surface area contributed by atoms with Gasteiger partial charge in [-0.25, -0.2) is 9.18 Å². The van der Waals surface area contributed by atoms with Crippen molar-refractivity contribution in [3.05, 3.63) is 33.6 Å². The maximum Gasteiger partial charge on any atom is 0.410 e. The van der Waals surface area contributed by atoms with Crippen molar-refractivity contribution >= 4 is 11.8 Å². The Labute approximate surface area is 157 Å². The third-order valence-electron chi connectivity index (χ3n) is 4.60. The number of fused-ring (bicyclic) bond motifs is 1. The molecule has 1 saturated heterocycles. The fraction of sp³-hybridized carbons (Fsp3) is 0.611. The molecule has 0 bridgehead atoms. The molecule has 8 nitrogen and oxygen atoms in total. The van der Waals surface area contributed by atoms with Crippen LogP contribution < -0.4 is 9.64 Å². The van der Waals surface area contributed by atoms with Gasteiger partial charge in [0.1, 0.15) is 5.60 Å². The van der Waals surface area contributed by atoms with Crippen molar-refractivity contribution in [1.82, 2.24) is 4.90 Å². The fourth-order valence-corrected chi connectivity index (χ4v) is 3.23. The van der Waals surface area contributed by atoms with E-state index in [1.54, 1.807) is 17.0 Å². The quantitative estimate of drug-likeness (QED) is 0.578. The van der Waals surface area contributed by atoms with Gasteiger partial charge < -0.3 is 19.3 Å². The van der Waals surface area contributed by atoms with Crippen LogP contribution in [0.15, 0.2) is 12.1 Å². The number of anilines is 1. The van der Waals surface area contributed by atoms with Gasteiger partial charge in [-0.2, -0.15) is 0 Å².